The lowest BCUT2D eigenvalue weighted by molar-refractivity contribution is -0.151. The van der Waals surface area contributed by atoms with Crippen molar-refractivity contribution >= 4 is 11.9 Å². The van der Waals surface area contributed by atoms with Crippen molar-refractivity contribution < 1.29 is 24.5 Å². The molecule has 1 amide bonds. The maximum absolute atomic E-state index is 13.1. The molecule has 3 N–H and O–H groups in total. The number of aliphatic hydroxyl groups is 2. The van der Waals surface area contributed by atoms with Gasteiger partial charge < -0.3 is 20.3 Å². The number of hydrogen-bond acceptors (Lipinski definition) is 5. The first kappa shape index (κ1) is 54.6. The molecule has 0 aromatic heterocycles. The second-order valence-electron chi connectivity index (χ2n) is 17.2. The molecule has 0 aromatic rings. The van der Waals surface area contributed by atoms with Gasteiger partial charge in [-0.3, -0.25) is 9.59 Å². The first-order valence-corrected chi connectivity index (χ1v) is 24.9. The van der Waals surface area contributed by atoms with Crippen LogP contribution in [0.15, 0.2) is 12.2 Å². The summed E-state index contributed by atoms with van der Waals surface area (Å²) in [7, 11) is 0. The molecular formula is C50H97NO5. The van der Waals surface area contributed by atoms with Crippen molar-refractivity contribution in [3.8, 4) is 0 Å². The van der Waals surface area contributed by atoms with E-state index >= 15 is 0 Å². The van der Waals surface area contributed by atoms with Crippen LogP contribution in [0, 0.1) is 0 Å². The molecule has 0 bridgehead atoms. The number of amides is 1. The molecule has 6 nitrogen and oxygen atoms in total. The van der Waals surface area contributed by atoms with Crippen molar-refractivity contribution in [2.24, 2.45) is 0 Å². The molecule has 0 spiro atoms. The summed E-state index contributed by atoms with van der Waals surface area (Å²) < 4.78 is 5.90. The fourth-order valence-corrected chi connectivity index (χ4v) is 7.78. The number of allylic oxidation sites excluding steroid dienone is 2. The molecule has 0 aliphatic rings. The molecule has 0 aliphatic carbocycles. The molecule has 3 unspecified atom stereocenters. The van der Waals surface area contributed by atoms with Crippen LogP contribution in [0.25, 0.3) is 0 Å². The molecular weight excluding hydrogens is 695 g/mol. The molecule has 0 saturated carbocycles. The molecule has 56 heavy (non-hydrogen) atoms. The molecule has 0 rings (SSSR count). The fourth-order valence-electron chi connectivity index (χ4n) is 7.78. The van der Waals surface area contributed by atoms with Crippen LogP contribution in [0.3, 0.4) is 0 Å². The Morgan fingerprint density at radius 1 is 0.500 bits per heavy atom. The van der Waals surface area contributed by atoms with Crippen molar-refractivity contribution in [2.75, 3.05) is 6.61 Å². The lowest BCUT2D eigenvalue weighted by Gasteiger charge is -2.24. The Kier molecular flexibility index (Phi) is 43.6. The van der Waals surface area contributed by atoms with Gasteiger partial charge in [0.1, 0.15) is 6.10 Å². The van der Waals surface area contributed by atoms with E-state index in [0.717, 1.165) is 57.8 Å². The van der Waals surface area contributed by atoms with E-state index in [-0.39, 0.29) is 24.9 Å². The first-order chi connectivity index (χ1) is 27.5. The number of nitrogens with one attached hydrogen (secondary N) is 1. The zero-order chi connectivity index (χ0) is 41.0. The smallest absolute Gasteiger partial charge is 0.306 e. The van der Waals surface area contributed by atoms with E-state index < -0.39 is 18.2 Å². The Hall–Kier alpha value is -1.40. The number of carbonyl (C=O) groups excluding carboxylic acids is 2. The Bertz CT molecular complexity index is 847. The van der Waals surface area contributed by atoms with E-state index in [2.05, 4.69) is 38.2 Å². The number of ether oxygens (including phenoxy) is 1. The third-order valence-electron chi connectivity index (χ3n) is 11.6. The third kappa shape index (κ3) is 39.4. The van der Waals surface area contributed by atoms with Gasteiger partial charge in [-0.1, -0.05) is 219 Å². The van der Waals surface area contributed by atoms with Crippen LogP contribution < -0.4 is 5.32 Å². The summed E-state index contributed by atoms with van der Waals surface area (Å²) in [5, 5.41) is 23.7. The van der Waals surface area contributed by atoms with Gasteiger partial charge in [0, 0.05) is 6.42 Å². The minimum Gasteiger partial charge on any atom is -0.462 e. The van der Waals surface area contributed by atoms with Crippen LogP contribution in [0.1, 0.15) is 271 Å². The van der Waals surface area contributed by atoms with E-state index in [0.29, 0.717) is 19.3 Å². The van der Waals surface area contributed by atoms with Crippen LogP contribution in [-0.4, -0.2) is 46.9 Å². The van der Waals surface area contributed by atoms with Gasteiger partial charge in [-0.15, -0.1) is 0 Å². The summed E-state index contributed by atoms with van der Waals surface area (Å²) in [5.74, 6) is -0.478. The number of aliphatic hydroxyl groups excluding tert-OH is 2. The van der Waals surface area contributed by atoms with Gasteiger partial charge in [-0.05, 0) is 51.4 Å². The number of rotatable bonds is 45. The third-order valence-corrected chi connectivity index (χ3v) is 11.6. The normalized spacial score (nSPS) is 13.3. The topological polar surface area (TPSA) is 95.9 Å². The average Bonchev–Trinajstić information content (AvgIpc) is 3.19. The quantitative estimate of drug-likeness (QED) is 0.0324. The van der Waals surface area contributed by atoms with E-state index in [9.17, 15) is 19.8 Å². The number of esters is 1. The highest BCUT2D eigenvalue weighted by Crippen LogP contribution is 2.18. The monoisotopic (exact) mass is 792 g/mol. The van der Waals surface area contributed by atoms with Gasteiger partial charge >= 0.3 is 5.97 Å². The fraction of sp³-hybridized carbons (Fsp3) is 0.920. The van der Waals surface area contributed by atoms with Crippen molar-refractivity contribution in [3.05, 3.63) is 12.2 Å². The van der Waals surface area contributed by atoms with Gasteiger partial charge in [-0.25, -0.2) is 0 Å². The number of carbonyl (C=O) groups is 2. The number of unbranched alkanes of at least 4 members (excludes halogenated alkanes) is 31. The second-order valence-corrected chi connectivity index (χ2v) is 17.2. The predicted molar refractivity (Wildman–Crippen MR) is 241 cm³/mol. The average molecular weight is 792 g/mol. The zero-order valence-corrected chi connectivity index (χ0v) is 37.8. The largest absolute Gasteiger partial charge is 0.462 e. The Morgan fingerprint density at radius 3 is 1.29 bits per heavy atom. The lowest BCUT2D eigenvalue weighted by atomic mass is 10.0. The lowest BCUT2D eigenvalue weighted by Crippen LogP contribution is -2.46. The molecule has 3 atom stereocenters. The summed E-state index contributed by atoms with van der Waals surface area (Å²) in [6.45, 7) is 6.47. The highest BCUT2D eigenvalue weighted by molar-refractivity contribution is 5.77. The summed E-state index contributed by atoms with van der Waals surface area (Å²) in [4.78, 5) is 26.0. The van der Waals surface area contributed by atoms with E-state index in [1.165, 1.54) is 167 Å². The molecule has 0 aromatic carbocycles. The van der Waals surface area contributed by atoms with Crippen LogP contribution in [0.4, 0.5) is 0 Å². The standard InChI is InChI=1S/C50H97NO5/c1-4-7-10-13-16-19-21-23-24-25-26-27-30-32-35-38-41-46(56-50(55)43-40-37-34-29-18-15-12-9-6-3)44-49(54)51-47(45-52)48(53)42-39-36-33-31-28-22-20-17-14-11-8-5-2/h26-27,46-48,52-53H,4-25,28-45H2,1-3H3,(H,51,54)/b27-26+. The van der Waals surface area contributed by atoms with Crippen LogP contribution in [0.5, 0.6) is 0 Å². The molecule has 0 aliphatic heterocycles. The molecule has 0 fully saturated rings. The first-order valence-electron chi connectivity index (χ1n) is 24.9. The summed E-state index contributed by atoms with van der Waals surface area (Å²) in [6.07, 6.45) is 48.4. The Balaban J connectivity index is 4.54. The zero-order valence-electron chi connectivity index (χ0n) is 37.8. The van der Waals surface area contributed by atoms with Crippen molar-refractivity contribution in [1.82, 2.24) is 5.32 Å². The molecule has 0 saturated heterocycles. The summed E-state index contributed by atoms with van der Waals surface area (Å²) >= 11 is 0. The summed E-state index contributed by atoms with van der Waals surface area (Å²) in [6, 6.07) is -0.698. The van der Waals surface area contributed by atoms with Crippen molar-refractivity contribution in [3.63, 3.8) is 0 Å². The van der Waals surface area contributed by atoms with Gasteiger partial charge in [-0.2, -0.15) is 0 Å². The van der Waals surface area contributed by atoms with Crippen molar-refractivity contribution in [2.45, 2.75) is 289 Å². The molecule has 0 heterocycles. The van der Waals surface area contributed by atoms with Crippen molar-refractivity contribution in [1.29, 1.82) is 0 Å². The van der Waals surface area contributed by atoms with Gasteiger partial charge in [0.25, 0.3) is 0 Å². The number of hydrogen-bond donors (Lipinski definition) is 3. The Labute approximate surface area is 349 Å². The highest BCUT2D eigenvalue weighted by atomic mass is 16.5. The molecule has 6 heteroatoms. The SMILES string of the molecule is CCCCCCCCCCC/C=C/CCCCCC(CC(=O)NC(CO)C(O)CCCCCCCCCCCCCC)OC(=O)CCCCCCCCCCC. The van der Waals surface area contributed by atoms with E-state index in [1.807, 2.05) is 0 Å². The van der Waals surface area contributed by atoms with Gasteiger partial charge in [0.2, 0.25) is 5.91 Å². The van der Waals surface area contributed by atoms with Crippen LogP contribution in [0.2, 0.25) is 0 Å². The predicted octanol–water partition coefficient (Wildman–Crippen LogP) is 14.6. The maximum atomic E-state index is 13.1. The van der Waals surface area contributed by atoms with Gasteiger partial charge in [0.15, 0.2) is 0 Å². The van der Waals surface area contributed by atoms with Gasteiger partial charge in [0.05, 0.1) is 25.2 Å². The highest BCUT2D eigenvalue weighted by Gasteiger charge is 2.24. The van der Waals surface area contributed by atoms with Crippen LogP contribution in [-0.2, 0) is 14.3 Å². The van der Waals surface area contributed by atoms with Crippen LogP contribution >= 0.6 is 0 Å². The Morgan fingerprint density at radius 2 is 0.857 bits per heavy atom. The molecule has 0 radical (unpaired) electrons. The minimum absolute atomic E-state index is 0.0734. The minimum atomic E-state index is -0.784. The van der Waals surface area contributed by atoms with E-state index in [1.54, 1.807) is 0 Å². The molecule has 332 valence electrons. The summed E-state index contributed by atoms with van der Waals surface area (Å²) in [5.41, 5.74) is 0. The second kappa shape index (κ2) is 44.7. The maximum Gasteiger partial charge on any atom is 0.306 e. The van der Waals surface area contributed by atoms with E-state index in [4.69, 9.17) is 4.74 Å².